The molecule has 0 radical (unpaired) electrons. The van der Waals surface area contributed by atoms with Gasteiger partial charge in [-0.25, -0.2) is 0 Å². The highest BCUT2D eigenvalue weighted by molar-refractivity contribution is 5.71. The molecular weight excluding hydrogens is 997 g/mol. The van der Waals surface area contributed by atoms with Crippen LogP contribution >= 0.6 is 0 Å². The van der Waals surface area contributed by atoms with Gasteiger partial charge in [0.15, 0.2) is 6.10 Å². The maximum absolute atomic E-state index is 13.0. The number of ether oxygens (including phenoxy) is 3. The second-order valence-corrected chi connectivity index (χ2v) is 24.5. The smallest absolute Gasteiger partial charge is 0.306 e. The first-order chi connectivity index (χ1) is 40.0. The fourth-order valence-corrected chi connectivity index (χ4v) is 10.9. The third-order valence-corrected chi connectivity index (χ3v) is 16.3. The van der Waals surface area contributed by atoms with Crippen LogP contribution in [0.25, 0.3) is 0 Å². The Kier molecular flexibility index (Phi) is 67.6. The average Bonchev–Trinajstić information content (AvgIpc) is 3.47. The summed E-state index contributed by atoms with van der Waals surface area (Å²) in [5, 5.41) is 0. The predicted molar refractivity (Wildman–Crippen MR) is 353 cm³/mol. The van der Waals surface area contributed by atoms with Crippen molar-refractivity contribution in [3.05, 3.63) is 48.6 Å². The lowest BCUT2D eigenvalue weighted by Crippen LogP contribution is -2.30. The second kappa shape index (κ2) is 69.9. The fraction of sp³-hybridized carbons (Fsp3) is 0.853. The van der Waals surface area contributed by atoms with Gasteiger partial charge < -0.3 is 14.2 Å². The molecule has 0 amide bonds. The van der Waals surface area contributed by atoms with Crippen LogP contribution in [-0.4, -0.2) is 37.2 Å². The van der Waals surface area contributed by atoms with Crippen molar-refractivity contribution >= 4 is 17.9 Å². The normalized spacial score (nSPS) is 12.3. The average molecular weight is 1140 g/mol. The molecule has 1 atom stereocenters. The zero-order valence-electron chi connectivity index (χ0n) is 54.6. The van der Waals surface area contributed by atoms with E-state index in [4.69, 9.17) is 14.2 Å². The quantitative estimate of drug-likeness (QED) is 0.0261. The number of carbonyl (C=O) groups is 3. The number of carbonyl (C=O) groups excluding carboxylic acids is 3. The van der Waals surface area contributed by atoms with Crippen molar-refractivity contribution in [2.75, 3.05) is 13.2 Å². The summed E-state index contributed by atoms with van der Waals surface area (Å²) in [6.07, 6.45) is 88.5. The summed E-state index contributed by atoms with van der Waals surface area (Å²) in [5.41, 5.74) is 0. The Balaban J connectivity index is 4.29. The Bertz CT molecular complexity index is 1400. The minimum absolute atomic E-state index is 0.0746. The molecule has 0 aliphatic heterocycles. The molecule has 0 saturated heterocycles. The van der Waals surface area contributed by atoms with Crippen molar-refractivity contribution in [1.82, 2.24) is 0 Å². The number of rotatable bonds is 67. The van der Waals surface area contributed by atoms with Gasteiger partial charge in [0, 0.05) is 19.3 Å². The second-order valence-electron chi connectivity index (χ2n) is 24.5. The van der Waals surface area contributed by atoms with Crippen LogP contribution < -0.4 is 0 Å². The monoisotopic (exact) mass is 1140 g/mol. The van der Waals surface area contributed by atoms with Crippen LogP contribution in [0.2, 0.25) is 0 Å². The Morgan fingerprint density at radius 1 is 0.247 bits per heavy atom. The SMILES string of the molecule is CCCCCCC/C=C\C/C=C\C/C=C\CCCCCCCCCCC(=O)OC(COC(=O)CCCCCCC/C=C\CCCCCCCC)COC(=O)CCCCCCCCCCCCCCCCCCCCCCCCCCC. The van der Waals surface area contributed by atoms with E-state index < -0.39 is 6.10 Å². The summed E-state index contributed by atoms with van der Waals surface area (Å²) >= 11 is 0. The molecule has 6 heteroatoms. The van der Waals surface area contributed by atoms with Gasteiger partial charge in [-0.05, 0) is 83.5 Å². The number of allylic oxidation sites excluding steroid dienone is 8. The first-order valence-corrected chi connectivity index (χ1v) is 36.1. The molecule has 0 rings (SSSR count). The third-order valence-electron chi connectivity index (χ3n) is 16.3. The highest BCUT2D eigenvalue weighted by atomic mass is 16.6. The lowest BCUT2D eigenvalue weighted by Gasteiger charge is -2.18. The Morgan fingerprint density at radius 2 is 0.444 bits per heavy atom. The van der Waals surface area contributed by atoms with Crippen molar-refractivity contribution in [2.45, 2.75) is 399 Å². The zero-order chi connectivity index (χ0) is 58.5. The Labute approximate surface area is 505 Å². The van der Waals surface area contributed by atoms with Crippen molar-refractivity contribution in [3.8, 4) is 0 Å². The number of unbranched alkanes of at least 4 members (excludes halogenated alkanes) is 48. The summed E-state index contributed by atoms with van der Waals surface area (Å²) in [5.74, 6) is -0.864. The molecule has 0 aliphatic carbocycles. The molecule has 0 saturated carbocycles. The van der Waals surface area contributed by atoms with Gasteiger partial charge in [-0.15, -0.1) is 0 Å². The molecule has 81 heavy (non-hydrogen) atoms. The van der Waals surface area contributed by atoms with Crippen LogP contribution in [0.5, 0.6) is 0 Å². The maximum atomic E-state index is 13.0. The van der Waals surface area contributed by atoms with Gasteiger partial charge in [-0.1, -0.05) is 339 Å². The molecule has 6 nitrogen and oxygen atoms in total. The molecule has 0 aromatic heterocycles. The summed E-state index contributed by atoms with van der Waals surface area (Å²) < 4.78 is 17.0. The molecule has 0 heterocycles. The van der Waals surface area contributed by atoms with Gasteiger partial charge in [0.05, 0.1) is 0 Å². The number of esters is 3. The molecule has 0 aromatic carbocycles. The van der Waals surface area contributed by atoms with Gasteiger partial charge >= 0.3 is 17.9 Å². The zero-order valence-corrected chi connectivity index (χ0v) is 54.6. The molecule has 0 spiro atoms. The van der Waals surface area contributed by atoms with Gasteiger partial charge in [-0.3, -0.25) is 14.4 Å². The molecular formula is C75H138O6. The molecule has 0 N–H and O–H groups in total. The third kappa shape index (κ3) is 68.0. The molecule has 0 aromatic rings. The van der Waals surface area contributed by atoms with E-state index >= 15 is 0 Å². The first kappa shape index (κ1) is 78.4. The van der Waals surface area contributed by atoms with Gasteiger partial charge in [0.25, 0.3) is 0 Å². The first-order valence-electron chi connectivity index (χ1n) is 36.1. The molecule has 0 bridgehead atoms. The summed E-state index contributed by atoms with van der Waals surface area (Å²) in [6.45, 7) is 6.68. The van der Waals surface area contributed by atoms with E-state index in [0.29, 0.717) is 19.3 Å². The topological polar surface area (TPSA) is 78.9 Å². The van der Waals surface area contributed by atoms with Crippen molar-refractivity contribution in [2.24, 2.45) is 0 Å². The molecule has 474 valence electrons. The molecule has 0 fully saturated rings. The van der Waals surface area contributed by atoms with E-state index in [-0.39, 0.29) is 31.1 Å². The summed E-state index contributed by atoms with van der Waals surface area (Å²) in [6, 6.07) is 0. The standard InChI is InChI=1S/C75H138O6/c1-4-7-10-13-16-19-22-25-28-30-32-34-36-37-39-40-42-44-47-50-53-56-59-62-65-68-74(77)80-71-72(70-79-73(76)67-64-61-58-55-52-49-46-27-24-21-18-15-12-9-6-3)81-75(78)69-66-63-60-57-54-51-48-45-43-41-38-35-33-31-29-26-23-20-17-14-11-8-5-2/h23,26-27,31,33,38,41,46,72H,4-22,24-25,28-30,32,34-37,39-40,42-45,47-71H2,1-3H3/b26-23-,33-31-,41-38-,46-27-. The highest BCUT2D eigenvalue weighted by Crippen LogP contribution is 2.18. The van der Waals surface area contributed by atoms with E-state index in [0.717, 1.165) is 83.5 Å². The van der Waals surface area contributed by atoms with Crippen molar-refractivity contribution < 1.29 is 28.6 Å². The van der Waals surface area contributed by atoms with E-state index in [1.807, 2.05) is 0 Å². The summed E-state index contributed by atoms with van der Waals surface area (Å²) in [7, 11) is 0. The van der Waals surface area contributed by atoms with Crippen LogP contribution in [0.15, 0.2) is 48.6 Å². The van der Waals surface area contributed by atoms with Crippen LogP contribution in [-0.2, 0) is 28.6 Å². The minimum atomic E-state index is -0.781. The minimum Gasteiger partial charge on any atom is -0.462 e. The van der Waals surface area contributed by atoms with Crippen LogP contribution in [0, 0.1) is 0 Å². The maximum Gasteiger partial charge on any atom is 0.306 e. The van der Waals surface area contributed by atoms with E-state index in [1.54, 1.807) is 0 Å². The largest absolute Gasteiger partial charge is 0.462 e. The van der Waals surface area contributed by atoms with Gasteiger partial charge in [0.2, 0.25) is 0 Å². The van der Waals surface area contributed by atoms with Crippen molar-refractivity contribution in [3.63, 3.8) is 0 Å². The molecule has 1 unspecified atom stereocenters. The van der Waals surface area contributed by atoms with Crippen LogP contribution in [0.3, 0.4) is 0 Å². The van der Waals surface area contributed by atoms with E-state index in [2.05, 4.69) is 69.4 Å². The molecule has 0 aliphatic rings. The lowest BCUT2D eigenvalue weighted by atomic mass is 10.0. The van der Waals surface area contributed by atoms with Gasteiger partial charge in [-0.2, -0.15) is 0 Å². The van der Waals surface area contributed by atoms with Gasteiger partial charge in [0.1, 0.15) is 13.2 Å². The lowest BCUT2D eigenvalue weighted by molar-refractivity contribution is -0.167. The van der Waals surface area contributed by atoms with E-state index in [1.165, 1.54) is 270 Å². The van der Waals surface area contributed by atoms with E-state index in [9.17, 15) is 14.4 Å². The Hall–Kier alpha value is -2.63. The van der Waals surface area contributed by atoms with Crippen LogP contribution in [0.4, 0.5) is 0 Å². The predicted octanol–water partition coefficient (Wildman–Crippen LogP) is 24.9. The summed E-state index contributed by atoms with van der Waals surface area (Å²) in [4.78, 5) is 38.5. The fourth-order valence-electron chi connectivity index (χ4n) is 10.9. The Morgan fingerprint density at radius 3 is 0.704 bits per heavy atom. The van der Waals surface area contributed by atoms with Crippen molar-refractivity contribution in [1.29, 1.82) is 0 Å². The highest BCUT2D eigenvalue weighted by Gasteiger charge is 2.19. The number of hydrogen-bond donors (Lipinski definition) is 0. The van der Waals surface area contributed by atoms with Crippen LogP contribution in [0.1, 0.15) is 393 Å². The number of hydrogen-bond acceptors (Lipinski definition) is 6.